The number of fused-ring (bicyclic) bond motifs is 5. The Morgan fingerprint density at radius 2 is 1.61 bits per heavy atom. The molecule has 1 unspecified atom stereocenters. The van der Waals surface area contributed by atoms with Gasteiger partial charge in [0.05, 0.1) is 5.92 Å². The van der Waals surface area contributed by atoms with E-state index in [9.17, 15) is 14.7 Å². The molecule has 3 nitrogen and oxygen atoms in total. The maximum Gasteiger partial charge on any atom is 0.307 e. The summed E-state index contributed by atoms with van der Waals surface area (Å²) in [5, 5.41) is 10.2. The first-order valence-electron chi connectivity index (χ1n) is 14.3. The van der Waals surface area contributed by atoms with Gasteiger partial charge in [0.15, 0.2) is 0 Å². The molecule has 33 heavy (non-hydrogen) atoms. The van der Waals surface area contributed by atoms with Crippen molar-refractivity contribution in [1.82, 2.24) is 0 Å². The number of carbonyl (C=O) groups is 2. The summed E-state index contributed by atoms with van der Waals surface area (Å²) in [7, 11) is 0. The van der Waals surface area contributed by atoms with Gasteiger partial charge in [0.25, 0.3) is 0 Å². The summed E-state index contributed by atoms with van der Waals surface area (Å²) in [5.41, 5.74) is 0.543. The summed E-state index contributed by atoms with van der Waals surface area (Å²) in [6.45, 7) is 11.4. The molecule has 4 saturated carbocycles. The zero-order valence-corrected chi connectivity index (χ0v) is 22.1. The third kappa shape index (κ3) is 4.22. The van der Waals surface area contributed by atoms with Crippen molar-refractivity contribution in [3.05, 3.63) is 0 Å². The number of rotatable bonds is 8. The summed E-state index contributed by atoms with van der Waals surface area (Å²) >= 11 is 0. The molecule has 0 spiro atoms. The highest BCUT2D eigenvalue weighted by Gasteiger charge is 2.62. The quantitative estimate of drug-likeness (QED) is 0.376. The molecule has 0 aromatic heterocycles. The van der Waals surface area contributed by atoms with E-state index in [2.05, 4.69) is 27.7 Å². The van der Waals surface area contributed by atoms with Crippen molar-refractivity contribution in [2.24, 2.45) is 51.8 Å². The van der Waals surface area contributed by atoms with E-state index in [-0.39, 0.29) is 22.7 Å². The number of carbonyl (C=O) groups excluding carboxylic acids is 1. The summed E-state index contributed by atoms with van der Waals surface area (Å²) < 4.78 is 0. The molecule has 9 atom stereocenters. The Balaban J connectivity index is 1.49. The van der Waals surface area contributed by atoms with E-state index >= 15 is 0 Å². The van der Waals surface area contributed by atoms with Crippen LogP contribution in [0.3, 0.4) is 0 Å². The maximum atomic E-state index is 12.4. The Kier molecular flexibility index (Phi) is 7.12. The van der Waals surface area contributed by atoms with Gasteiger partial charge < -0.3 is 5.11 Å². The van der Waals surface area contributed by atoms with Crippen molar-refractivity contribution in [3.8, 4) is 0 Å². The minimum Gasteiger partial charge on any atom is -0.481 e. The molecule has 0 aromatic rings. The van der Waals surface area contributed by atoms with Crippen molar-refractivity contribution in [3.63, 3.8) is 0 Å². The number of carboxylic acid groups (broad SMARTS) is 1. The lowest BCUT2D eigenvalue weighted by Gasteiger charge is -2.63. The van der Waals surface area contributed by atoms with Gasteiger partial charge in [0.1, 0.15) is 5.78 Å². The molecule has 0 amide bonds. The van der Waals surface area contributed by atoms with Crippen LogP contribution in [0.2, 0.25) is 0 Å². The molecule has 0 heterocycles. The molecule has 0 radical (unpaired) electrons. The van der Waals surface area contributed by atoms with Gasteiger partial charge in [-0.05, 0) is 111 Å². The maximum absolute atomic E-state index is 12.4. The number of aliphatic carboxylic acids is 1. The Hall–Kier alpha value is -0.860. The van der Waals surface area contributed by atoms with Gasteiger partial charge in [-0.3, -0.25) is 9.59 Å². The van der Waals surface area contributed by atoms with Crippen LogP contribution in [0.4, 0.5) is 0 Å². The fourth-order valence-electron chi connectivity index (χ4n) is 10.0. The van der Waals surface area contributed by atoms with E-state index in [0.29, 0.717) is 17.1 Å². The highest BCUT2D eigenvalue weighted by atomic mass is 16.4. The largest absolute Gasteiger partial charge is 0.481 e. The second-order valence-corrected chi connectivity index (χ2v) is 13.5. The topological polar surface area (TPSA) is 54.4 Å². The fraction of sp³-hybridized carbons (Fsp3) is 0.933. The van der Waals surface area contributed by atoms with Crippen LogP contribution < -0.4 is 0 Å². The third-order valence-corrected chi connectivity index (χ3v) is 12.0. The zero-order chi connectivity index (χ0) is 24.0. The normalized spacial score (nSPS) is 45.5. The summed E-state index contributed by atoms with van der Waals surface area (Å²) in [4.78, 5) is 24.8. The monoisotopic (exact) mass is 458 g/mol. The summed E-state index contributed by atoms with van der Waals surface area (Å²) in [5.74, 6) is 2.92. The minimum absolute atomic E-state index is 0.0503. The average molecular weight is 459 g/mol. The number of carboxylic acids is 1. The molecule has 0 bridgehead atoms. The van der Waals surface area contributed by atoms with E-state index in [1.54, 1.807) is 0 Å². The van der Waals surface area contributed by atoms with Crippen molar-refractivity contribution in [2.45, 2.75) is 125 Å². The van der Waals surface area contributed by atoms with Crippen LogP contribution in [0.25, 0.3) is 0 Å². The van der Waals surface area contributed by atoms with Gasteiger partial charge in [-0.2, -0.15) is 0 Å². The smallest absolute Gasteiger partial charge is 0.307 e. The minimum atomic E-state index is -0.555. The molecule has 188 valence electrons. The van der Waals surface area contributed by atoms with Crippen LogP contribution in [0.1, 0.15) is 125 Å². The first kappa shape index (κ1) is 25.2. The van der Waals surface area contributed by atoms with Crippen molar-refractivity contribution >= 4 is 11.8 Å². The lowest BCUT2D eigenvalue weighted by Crippen LogP contribution is -2.55. The molecule has 0 saturated heterocycles. The van der Waals surface area contributed by atoms with Crippen LogP contribution in [-0.4, -0.2) is 16.9 Å². The highest BCUT2D eigenvalue weighted by molar-refractivity contribution is 5.79. The Morgan fingerprint density at radius 3 is 2.27 bits per heavy atom. The molecule has 4 aliphatic rings. The van der Waals surface area contributed by atoms with E-state index in [0.717, 1.165) is 49.9 Å². The van der Waals surface area contributed by atoms with Crippen LogP contribution in [0.15, 0.2) is 0 Å². The van der Waals surface area contributed by atoms with Crippen molar-refractivity contribution in [1.29, 1.82) is 0 Å². The van der Waals surface area contributed by atoms with Gasteiger partial charge >= 0.3 is 5.97 Å². The molecule has 4 fully saturated rings. The zero-order valence-electron chi connectivity index (χ0n) is 22.1. The van der Waals surface area contributed by atoms with E-state index < -0.39 is 5.97 Å². The fourth-order valence-corrected chi connectivity index (χ4v) is 10.0. The lowest BCUT2D eigenvalue weighted by atomic mass is 9.42. The molecule has 4 aliphatic carbocycles. The first-order chi connectivity index (χ1) is 15.6. The molecule has 3 heteroatoms. The van der Waals surface area contributed by atoms with Crippen LogP contribution >= 0.6 is 0 Å². The molecular formula is C30H50O3. The van der Waals surface area contributed by atoms with Gasteiger partial charge in [-0.15, -0.1) is 0 Å². The predicted molar refractivity (Wildman–Crippen MR) is 134 cm³/mol. The third-order valence-electron chi connectivity index (χ3n) is 12.0. The van der Waals surface area contributed by atoms with E-state index in [1.807, 2.05) is 6.92 Å². The Labute approximate surface area is 202 Å². The second kappa shape index (κ2) is 9.30. The van der Waals surface area contributed by atoms with Gasteiger partial charge in [-0.1, -0.05) is 53.4 Å². The number of Topliss-reactive ketones (excluding diaryl/α,β-unsaturated/α-hetero) is 1. The van der Waals surface area contributed by atoms with Gasteiger partial charge in [-0.25, -0.2) is 0 Å². The lowest BCUT2D eigenvalue weighted by molar-refractivity contribution is -0.160. The van der Waals surface area contributed by atoms with E-state index in [1.165, 1.54) is 57.8 Å². The molecule has 0 aromatic carbocycles. The van der Waals surface area contributed by atoms with Gasteiger partial charge in [0.2, 0.25) is 0 Å². The Morgan fingerprint density at radius 1 is 0.879 bits per heavy atom. The first-order valence-corrected chi connectivity index (χ1v) is 14.3. The van der Waals surface area contributed by atoms with Crippen LogP contribution in [-0.2, 0) is 9.59 Å². The molecule has 0 aliphatic heterocycles. The molecule has 1 N–H and O–H groups in total. The predicted octanol–water partition coefficient (Wildman–Crippen LogP) is 7.91. The number of ketones is 1. The highest BCUT2D eigenvalue weighted by Crippen LogP contribution is 2.69. The Bertz CT molecular complexity index is 745. The SMILES string of the molecule is CCCCCCC(C(=O)O)[C@]1(C)CC[C@@]2(C)[C@@H](CC[C@@H]3[C@@H]2CC[C@]2(C)[C@@H](C(C)=O)CC[C@@H]32)C1. The molecule has 4 rings (SSSR count). The van der Waals surface area contributed by atoms with E-state index in [4.69, 9.17) is 0 Å². The average Bonchev–Trinajstić information content (AvgIpc) is 3.11. The molecular weight excluding hydrogens is 408 g/mol. The van der Waals surface area contributed by atoms with Gasteiger partial charge in [0, 0.05) is 5.92 Å². The standard InChI is InChI=1S/C30H50O3/c1-6-7-8-9-10-26(27(32)33)28(3)17-18-29(4)21(19-28)11-12-22-24-14-13-23(20(2)31)30(24,5)16-15-25(22)29/h21-26H,6-19H2,1-5H3,(H,32,33)/t21-,22-,23+,24-,25-,26?,28+,29-,30+/m0/s1. The summed E-state index contributed by atoms with van der Waals surface area (Å²) in [6, 6.07) is 0. The van der Waals surface area contributed by atoms with Crippen molar-refractivity contribution in [2.75, 3.05) is 0 Å². The van der Waals surface area contributed by atoms with Crippen molar-refractivity contribution < 1.29 is 14.7 Å². The number of unbranched alkanes of at least 4 members (excludes halogenated alkanes) is 3. The van der Waals surface area contributed by atoms with Crippen LogP contribution in [0, 0.1) is 51.8 Å². The summed E-state index contributed by atoms with van der Waals surface area (Å²) in [6.07, 6.45) is 16.3. The number of hydrogen-bond acceptors (Lipinski definition) is 2. The number of hydrogen-bond donors (Lipinski definition) is 1. The van der Waals surface area contributed by atoms with Crippen LogP contribution in [0.5, 0.6) is 0 Å². The second-order valence-electron chi connectivity index (χ2n) is 13.5.